The highest BCUT2D eigenvalue weighted by atomic mass is 16.7. The number of rotatable bonds is 5. The Morgan fingerprint density at radius 2 is 1.45 bits per heavy atom. The number of hydrogen-bond acceptors (Lipinski definition) is 17. The standard InChI is InChI=1S/C34H43NO16/c1-14-15(2)29(42)50-26-24(41)28(49-19(6)39)33(13-45-16(3)36)27(48-18(5)38)23(40)21-25(47-17(4)37)34(33,32(26,8)44)51-31(21,7)12-46-30(43)20-10-9-11-35-22(14)20/h9-11,14-15,21,23-28,40-41,44H,12-13H2,1-8H3/t14-,15-,21+,23-,24-,25+,26-,27+,28-,31-,32-,33+,34-/m0/s1. The molecule has 3 heterocycles. The topological polar surface area (TPSA) is 241 Å². The van der Waals surface area contributed by atoms with E-state index in [0.29, 0.717) is 0 Å². The quantitative estimate of drug-likeness (QED) is 0.265. The Labute approximate surface area is 292 Å². The molecule has 4 aliphatic rings. The van der Waals surface area contributed by atoms with Gasteiger partial charge in [0.05, 0.1) is 23.1 Å². The molecule has 1 aromatic heterocycles. The van der Waals surface area contributed by atoms with Crippen molar-refractivity contribution in [3.05, 3.63) is 29.6 Å². The number of carbonyl (C=O) groups is 6. The third-order valence-electron chi connectivity index (χ3n) is 10.9. The van der Waals surface area contributed by atoms with Gasteiger partial charge in [0.2, 0.25) is 0 Å². The maximum atomic E-state index is 14.0. The number of aromatic nitrogens is 1. The predicted molar refractivity (Wildman–Crippen MR) is 166 cm³/mol. The van der Waals surface area contributed by atoms with E-state index in [1.165, 1.54) is 32.2 Å². The van der Waals surface area contributed by atoms with E-state index in [9.17, 15) is 44.1 Å². The summed E-state index contributed by atoms with van der Waals surface area (Å²) in [5, 5.41) is 37.4. The second kappa shape index (κ2) is 13.1. The minimum absolute atomic E-state index is 0.00864. The highest BCUT2D eigenvalue weighted by Crippen LogP contribution is 2.69. The fourth-order valence-electron chi connectivity index (χ4n) is 8.67. The molecule has 17 nitrogen and oxygen atoms in total. The molecule has 3 N–H and O–H groups in total. The molecule has 1 saturated heterocycles. The molecule has 5 rings (SSSR count). The van der Waals surface area contributed by atoms with Gasteiger partial charge in [-0.25, -0.2) is 4.79 Å². The Kier molecular flexibility index (Phi) is 9.77. The number of hydrogen-bond donors (Lipinski definition) is 3. The maximum Gasteiger partial charge on any atom is 0.340 e. The van der Waals surface area contributed by atoms with E-state index in [1.54, 1.807) is 6.92 Å². The van der Waals surface area contributed by atoms with Gasteiger partial charge in [-0.15, -0.1) is 0 Å². The van der Waals surface area contributed by atoms with Crippen molar-refractivity contribution in [3.8, 4) is 0 Å². The fraction of sp³-hybridized carbons (Fsp3) is 0.676. The van der Waals surface area contributed by atoms with E-state index in [2.05, 4.69) is 4.98 Å². The van der Waals surface area contributed by atoms with Crippen LogP contribution in [0.2, 0.25) is 0 Å². The van der Waals surface area contributed by atoms with Crippen LogP contribution in [-0.4, -0.2) is 123 Å². The summed E-state index contributed by atoms with van der Waals surface area (Å²) in [7, 11) is 0. The van der Waals surface area contributed by atoms with Gasteiger partial charge in [-0.2, -0.15) is 0 Å². The largest absolute Gasteiger partial charge is 0.465 e. The molecule has 280 valence electrons. The lowest BCUT2D eigenvalue weighted by Crippen LogP contribution is -2.89. The van der Waals surface area contributed by atoms with Crippen molar-refractivity contribution in [2.24, 2.45) is 17.3 Å². The number of aliphatic hydroxyl groups is 3. The number of nitrogens with zero attached hydrogens (tertiary/aromatic N) is 1. The molecule has 51 heavy (non-hydrogen) atoms. The second-order valence-electron chi connectivity index (χ2n) is 14.2. The van der Waals surface area contributed by atoms with E-state index in [4.69, 9.17) is 33.2 Å². The number of cyclic esters (lactones) is 1. The van der Waals surface area contributed by atoms with E-state index >= 15 is 0 Å². The van der Waals surface area contributed by atoms with Crippen molar-refractivity contribution >= 4 is 35.8 Å². The molecule has 4 bridgehead atoms. The summed E-state index contributed by atoms with van der Waals surface area (Å²) >= 11 is 0. The SMILES string of the molecule is CC(=O)OC[C@]12[C@H](OC(C)=O)[C@@H](O)[C@@H]3[C@@H](OC(C)=O)[C@@]14O[C@@]3(C)COC(=O)c1cccnc1[C@@H](C)[C@H](C)C(=O)O[C@@H]([C@H](O)[C@@H]2OC(C)=O)[C@]4(C)O. The van der Waals surface area contributed by atoms with Crippen LogP contribution in [0.5, 0.6) is 0 Å². The maximum absolute atomic E-state index is 14.0. The van der Waals surface area contributed by atoms with Crippen LogP contribution >= 0.6 is 0 Å². The van der Waals surface area contributed by atoms with Crippen LogP contribution in [0.25, 0.3) is 0 Å². The first-order chi connectivity index (χ1) is 23.7. The van der Waals surface area contributed by atoms with Crippen LogP contribution < -0.4 is 0 Å². The Morgan fingerprint density at radius 1 is 0.882 bits per heavy atom. The number of ether oxygens (including phenoxy) is 7. The summed E-state index contributed by atoms with van der Waals surface area (Å²) < 4.78 is 41.3. The first-order valence-corrected chi connectivity index (χ1v) is 16.4. The van der Waals surface area contributed by atoms with Gasteiger partial charge in [0.25, 0.3) is 0 Å². The van der Waals surface area contributed by atoms with Gasteiger partial charge in [-0.3, -0.25) is 29.0 Å². The number of fused-ring (bicyclic) bond motifs is 5. The number of esters is 6. The monoisotopic (exact) mass is 721 g/mol. The predicted octanol–water partition coefficient (Wildman–Crippen LogP) is -0.108. The van der Waals surface area contributed by atoms with Gasteiger partial charge in [0.1, 0.15) is 60.4 Å². The summed E-state index contributed by atoms with van der Waals surface area (Å²) in [6.07, 6.45) is -10.7. The van der Waals surface area contributed by atoms with Crippen LogP contribution in [0.15, 0.2) is 18.3 Å². The molecule has 2 aliphatic carbocycles. The van der Waals surface area contributed by atoms with Crippen molar-refractivity contribution < 1.29 is 77.2 Å². The normalized spacial score (nSPS) is 41.6. The zero-order chi connectivity index (χ0) is 38.0. The molecule has 0 radical (unpaired) electrons. The molecule has 3 fully saturated rings. The van der Waals surface area contributed by atoms with Crippen LogP contribution in [0.1, 0.15) is 77.4 Å². The highest BCUT2D eigenvalue weighted by Gasteiger charge is 2.90. The van der Waals surface area contributed by atoms with Gasteiger partial charge in [0.15, 0.2) is 11.7 Å². The Balaban J connectivity index is 1.91. The summed E-state index contributed by atoms with van der Waals surface area (Å²) in [5.74, 6) is -9.27. The Hall–Kier alpha value is -4.19. The van der Waals surface area contributed by atoms with Crippen molar-refractivity contribution in [3.63, 3.8) is 0 Å². The molecule has 0 aromatic carbocycles. The first-order valence-electron chi connectivity index (χ1n) is 16.4. The summed E-state index contributed by atoms with van der Waals surface area (Å²) in [6, 6.07) is 2.92. The summed E-state index contributed by atoms with van der Waals surface area (Å²) in [5.41, 5.74) is -9.70. The van der Waals surface area contributed by atoms with Crippen LogP contribution in [0, 0.1) is 17.3 Å². The third kappa shape index (κ3) is 5.64. The molecular formula is C34H43NO16. The van der Waals surface area contributed by atoms with Gasteiger partial charge < -0.3 is 48.5 Å². The molecule has 13 atom stereocenters. The molecule has 17 heteroatoms. The number of carbonyl (C=O) groups excluding carboxylic acids is 6. The van der Waals surface area contributed by atoms with Gasteiger partial charge in [-0.1, -0.05) is 13.8 Å². The molecule has 0 amide bonds. The first kappa shape index (κ1) is 38.1. The molecule has 1 spiro atoms. The number of pyridine rings is 1. The van der Waals surface area contributed by atoms with Crippen LogP contribution in [0.3, 0.4) is 0 Å². The zero-order valence-corrected chi connectivity index (χ0v) is 29.4. The lowest BCUT2D eigenvalue weighted by Gasteiger charge is -2.67. The van der Waals surface area contributed by atoms with Crippen molar-refractivity contribution in [1.29, 1.82) is 0 Å². The molecule has 1 aromatic rings. The molecule has 2 aliphatic heterocycles. The minimum Gasteiger partial charge on any atom is -0.465 e. The minimum atomic E-state index is -2.74. The Morgan fingerprint density at radius 3 is 2.02 bits per heavy atom. The third-order valence-corrected chi connectivity index (χ3v) is 10.9. The summed E-state index contributed by atoms with van der Waals surface area (Å²) in [4.78, 5) is 83.0. The van der Waals surface area contributed by atoms with Crippen LogP contribution in [0.4, 0.5) is 0 Å². The average Bonchev–Trinajstić information content (AvgIpc) is 3.27. The van der Waals surface area contributed by atoms with E-state index in [-0.39, 0.29) is 11.3 Å². The molecular weight excluding hydrogens is 678 g/mol. The second-order valence-corrected chi connectivity index (χ2v) is 14.2. The van der Waals surface area contributed by atoms with E-state index in [0.717, 1.165) is 34.6 Å². The van der Waals surface area contributed by atoms with E-state index < -0.39 is 126 Å². The van der Waals surface area contributed by atoms with Gasteiger partial charge in [0, 0.05) is 39.8 Å². The zero-order valence-electron chi connectivity index (χ0n) is 29.4. The number of aliphatic hydroxyl groups excluding tert-OH is 2. The fourth-order valence-corrected chi connectivity index (χ4v) is 8.67. The average molecular weight is 722 g/mol. The van der Waals surface area contributed by atoms with Crippen molar-refractivity contribution in [1.82, 2.24) is 4.98 Å². The van der Waals surface area contributed by atoms with Crippen molar-refractivity contribution in [2.75, 3.05) is 13.2 Å². The highest BCUT2D eigenvalue weighted by molar-refractivity contribution is 5.91. The molecule has 2 saturated carbocycles. The van der Waals surface area contributed by atoms with Crippen LogP contribution in [-0.2, 0) is 57.1 Å². The van der Waals surface area contributed by atoms with E-state index in [1.807, 2.05) is 0 Å². The lowest BCUT2D eigenvalue weighted by molar-refractivity contribution is -0.386. The lowest BCUT2D eigenvalue weighted by atomic mass is 9.45. The van der Waals surface area contributed by atoms with Gasteiger partial charge in [-0.05, 0) is 26.0 Å². The molecule has 0 unspecified atom stereocenters. The smallest absolute Gasteiger partial charge is 0.340 e. The Bertz CT molecular complexity index is 1630. The van der Waals surface area contributed by atoms with Crippen molar-refractivity contribution in [2.45, 2.75) is 115 Å². The summed E-state index contributed by atoms with van der Waals surface area (Å²) in [6.45, 7) is 7.86. The van der Waals surface area contributed by atoms with Gasteiger partial charge >= 0.3 is 35.8 Å².